The van der Waals surface area contributed by atoms with Crippen LogP contribution < -0.4 is 16.4 Å². The summed E-state index contributed by atoms with van der Waals surface area (Å²) < 4.78 is 0. The lowest BCUT2D eigenvalue weighted by molar-refractivity contribution is 0.262. The molecule has 0 aromatic heterocycles. The number of fused-ring (bicyclic) bond motifs is 1. The molecular formula is C18H17N3O. The Labute approximate surface area is 129 Å². The Morgan fingerprint density at radius 3 is 2.55 bits per heavy atom. The molecule has 0 aliphatic heterocycles. The maximum Gasteiger partial charge on any atom is 0.323 e. The Bertz CT molecular complexity index is 809. The first-order valence-electron chi connectivity index (χ1n) is 7.11. The monoisotopic (exact) mass is 291 g/mol. The van der Waals surface area contributed by atoms with Crippen molar-refractivity contribution in [1.82, 2.24) is 0 Å². The van der Waals surface area contributed by atoms with E-state index >= 15 is 0 Å². The van der Waals surface area contributed by atoms with E-state index in [-0.39, 0.29) is 6.03 Å². The molecule has 0 saturated heterocycles. The Kier molecular flexibility index (Phi) is 4.03. The van der Waals surface area contributed by atoms with Crippen LogP contribution in [0.1, 0.15) is 5.56 Å². The molecule has 4 nitrogen and oxygen atoms in total. The Morgan fingerprint density at radius 1 is 0.909 bits per heavy atom. The summed E-state index contributed by atoms with van der Waals surface area (Å²) in [6.07, 6.45) is 0. The van der Waals surface area contributed by atoms with Gasteiger partial charge in [0.2, 0.25) is 0 Å². The molecule has 110 valence electrons. The summed E-state index contributed by atoms with van der Waals surface area (Å²) in [6.45, 7) is 0.445. The van der Waals surface area contributed by atoms with Crippen molar-refractivity contribution in [3.8, 4) is 0 Å². The predicted octanol–water partition coefficient (Wildman–Crippen LogP) is 3.94. The van der Waals surface area contributed by atoms with Gasteiger partial charge in [-0.25, -0.2) is 4.79 Å². The van der Waals surface area contributed by atoms with Gasteiger partial charge in [0.05, 0.1) is 5.69 Å². The van der Waals surface area contributed by atoms with Crippen molar-refractivity contribution in [1.29, 1.82) is 0 Å². The second kappa shape index (κ2) is 6.28. The minimum atomic E-state index is -0.273. The fourth-order valence-corrected chi connectivity index (χ4v) is 2.40. The van der Waals surface area contributed by atoms with Crippen LogP contribution in [0.4, 0.5) is 16.2 Å². The zero-order valence-electron chi connectivity index (χ0n) is 12.0. The molecule has 3 aromatic rings. The first-order valence-corrected chi connectivity index (χ1v) is 7.11. The molecule has 22 heavy (non-hydrogen) atoms. The molecule has 0 unspecified atom stereocenters. The molecule has 4 heteroatoms. The van der Waals surface area contributed by atoms with E-state index in [1.54, 1.807) is 0 Å². The van der Waals surface area contributed by atoms with Crippen molar-refractivity contribution in [2.45, 2.75) is 6.54 Å². The highest BCUT2D eigenvalue weighted by molar-refractivity contribution is 6.06. The van der Waals surface area contributed by atoms with Gasteiger partial charge in [-0.05, 0) is 29.1 Å². The number of urea groups is 1. The molecule has 0 saturated carbocycles. The van der Waals surface area contributed by atoms with E-state index < -0.39 is 0 Å². The zero-order chi connectivity index (χ0) is 15.4. The largest absolute Gasteiger partial charge is 0.326 e. The summed E-state index contributed by atoms with van der Waals surface area (Å²) in [5.74, 6) is 0. The fourth-order valence-electron chi connectivity index (χ4n) is 2.40. The SMILES string of the molecule is NCc1cccc(NC(=O)Nc2cccc3ccccc23)c1. The van der Waals surface area contributed by atoms with Crippen molar-refractivity contribution in [3.05, 3.63) is 72.3 Å². The van der Waals surface area contributed by atoms with Gasteiger partial charge in [0, 0.05) is 17.6 Å². The standard InChI is InChI=1S/C18H17N3O/c19-12-13-5-3-8-15(11-13)20-18(22)21-17-10-4-7-14-6-1-2-9-16(14)17/h1-11H,12,19H2,(H2,20,21,22). The van der Waals surface area contributed by atoms with E-state index in [0.29, 0.717) is 6.54 Å². The number of nitrogens with one attached hydrogen (secondary N) is 2. The number of nitrogens with two attached hydrogens (primary N) is 1. The van der Waals surface area contributed by atoms with Crippen molar-refractivity contribution in [2.24, 2.45) is 5.73 Å². The average molecular weight is 291 g/mol. The number of hydrogen-bond acceptors (Lipinski definition) is 2. The quantitative estimate of drug-likeness (QED) is 0.684. The van der Waals surface area contributed by atoms with Crippen LogP contribution in [0.2, 0.25) is 0 Å². The van der Waals surface area contributed by atoms with Crippen LogP contribution >= 0.6 is 0 Å². The number of rotatable bonds is 3. The number of carbonyl (C=O) groups excluding carboxylic acids is 1. The second-order valence-corrected chi connectivity index (χ2v) is 5.01. The number of amides is 2. The highest BCUT2D eigenvalue weighted by Gasteiger charge is 2.06. The summed E-state index contributed by atoms with van der Waals surface area (Å²) in [6, 6.07) is 21.0. The Hall–Kier alpha value is -2.85. The van der Waals surface area contributed by atoms with Crippen molar-refractivity contribution < 1.29 is 4.79 Å². The molecular weight excluding hydrogens is 274 g/mol. The molecule has 0 radical (unpaired) electrons. The third-order valence-corrected chi connectivity index (χ3v) is 3.46. The first kappa shape index (κ1) is 14.1. The lowest BCUT2D eigenvalue weighted by Gasteiger charge is -2.10. The van der Waals surface area contributed by atoms with Crippen LogP contribution in [0.15, 0.2) is 66.7 Å². The minimum Gasteiger partial charge on any atom is -0.326 e. The van der Waals surface area contributed by atoms with Crippen molar-refractivity contribution >= 4 is 28.2 Å². The number of carbonyl (C=O) groups is 1. The summed E-state index contributed by atoms with van der Waals surface area (Å²) in [7, 11) is 0. The minimum absolute atomic E-state index is 0.273. The summed E-state index contributed by atoms with van der Waals surface area (Å²) >= 11 is 0. The summed E-state index contributed by atoms with van der Waals surface area (Å²) in [5, 5.41) is 7.81. The van der Waals surface area contributed by atoms with E-state index in [1.165, 1.54) is 0 Å². The third-order valence-electron chi connectivity index (χ3n) is 3.46. The summed E-state index contributed by atoms with van der Waals surface area (Å²) in [5.41, 5.74) is 8.09. The van der Waals surface area contributed by atoms with E-state index in [1.807, 2.05) is 66.7 Å². The van der Waals surface area contributed by atoms with E-state index in [9.17, 15) is 4.79 Å². The fraction of sp³-hybridized carbons (Fsp3) is 0.0556. The van der Waals surface area contributed by atoms with Crippen LogP contribution in [-0.4, -0.2) is 6.03 Å². The van der Waals surface area contributed by atoms with Gasteiger partial charge < -0.3 is 16.4 Å². The van der Waals surface area contributed by atoms with Gasteiger partial charge in [-0.2, -0.15) is 0 Å². The highest BCUT2D eigenvalue weighted by Crippen LogP contribution is 2.23. The average Bonchev–Trinajstić information content (AvgIpc) is 2.55. The molecule has 0 aliphatic rings. The second-order valence-electron chi connectivity index (χ2n) is 5.01. The molecule has 0 heterocycles. The van der Waals surface area contributed by atoms with Crippen molar-refractivity contribution in [2.75, 3.05) is 10.6 Å². The molecule has 0 fully saturated rings. The molecule has 0 spiro atoms. The molecule has 2 amide bonds. The first-order chi connectivity index (χ1) is 10.8. The maximum absolute atomic E-state index is 12.2. The summed E-state index contributed by atoms with van der Waals surface area (Å²) in [4.78, 5) is 12.2. The Morgan fingerprint density at radius 2 is 1.68 bits per heavy atom. The van der Waals surface area contributed by atoms with Crippen LogP contribution in [-0.2, 0) is 6.54 Å². The van der Waals surface area contributed by atoms with Gasteiger partial charge in [-0.1, -0.05) is 48.5 Å². The van der Waals surface area contributed by atoms with Crippen LogP contribution in [0.5, 0.6) is 0 Å². The number of anilines is 2. The van der Waals surface area contributed by atoms with Crippen LogP contribution in [0.25, 0.3) is 10.8 Å². The van der Waals surface area contributed by atoms with Gasteiger partial charge in [0.15, 0.2) is 0 Å². The molecule has 4 N–H and O–H groups in total. The number of benzene rings is 3. The van der Waals surface area contributed by atoms with Gasteiger partial charge >= 0.3 is 6.03 Å². The molecule has 0 atom stereocenters. The molecule has 0 aliphatic carbocycles. The van der Waals surface area contributed by atoms with Crippen LogP contribution in [0.3, 0.4) is 0 Å². The van der Waals surface area contributed by atoms with Gasteiger partial charge in [0.25, 0.3) is 0 Å². The third kappa shape index (κ3) is 3.07. The number of hydrogen-bond donors (Lipinski definition) is 3. The normalized spacial score (nSPS) is 10.4. The molecule has 3 rings (SSSR count). The molecule has 0 bridgehead atoms. The van der Waals surface area contributed by atoms with E-state index in [0.717, 1.165) is 27.7 Å². The lowest BCUT2D eigenvalue weighted by atomic mass is 10.1. The smallest absolute Gasteiger partial charge is 0.323 e. The lowest BCUT2D eigenvalue weighted by Crippen LogP contribution is -2.19. The van der Waals surface area contributed by atoms with Crippen molar-refractivity contribution in [3.63, 3.8) is 0 Å². The highest BCUT2D eigenvalue weighted by atomic mass is 16.2. The van der Waals surface area contributed by atoms with Gasteiger partial charge in [0.1, 0.15) is 0 Å². The van der Waals surface area contributed by atoms with E-state index in [4.69, 9.17) is 5.73 Å². The maximum atomic E-state index is 12.2. The molecule has 3 aromatic carbocycles. The van der Waals surface area contributed by atoms with Crippen LogP contribution in [0, 0.1) is 0 Å². The topological polar surface area (TPSA) is 67.1 Å². The van der Waals surface area contributed by atoms with E-state index in [2.05, 4.69) is 10.6 Å². The Balaban J connectivity index is 1.78. The van der Waals surface area contributed by atoms with Gasteiger partial charge in [-0.3, -0.25) is 0 Å². The van der Waals surface area contributed by atoms with Gasteiger partial charge in [-0.15, -0.1) is 0 Å². The predicted molar refractivity (Wildman–Crippen MR) is 90.9 cm³/mol. The zero-order valence-corrected chi connectivity index (χ0v) is 12.0.